The Labute approximate surface area is 165 Å². The number of carbonyl (C=O) groups excluding carboxylic acids is 1. The van der Waals surface area contributed by atoms with E-state index in [9.17, 15) is 18.0 Å². The van der Waals surface area contributed by atoms with E-state index in [1.54, 1.807) is 7.11 Å². The number of alkyl halides is 3. The van der Waals surface area contributed by atoms with Crippen LogP contribution in [0.4, 0.5) is 18.0 Å². The van der Waals surface area contributed by atoms with Crippen molar-refractivity contribution in [1.82, 2.24) is 5.32 Å². The molecule has 3 rings (SSSR count). The first kappa shape index (κ1) is 21.2. The molecule has 1 aliphatic rings. The molecule has 6 nitrogen and oxygen atoms in total. The second-order valence-corrected chi connectivity index (χ2v) is 6.63. The lowest BCUT2D eigenvalue weighted by atomic mass is 9.94. The number of fused-ring (bicyclic) bond motifs is 1. The van der Waals surface area contributed by atoms with E-state index in [0.717, 1.165) is 22.1 Å². The van der Waals surface area contributed by atoms with Crippen LogP contribution in [0.15, 0.2) is 36.4 Å². The van der Waals surface area contributed by atoms with Crippen molar-refractivity contribution in [2.75, 3.05) is 33.5 Å². The van der Waals surface area contributed by atoms with E-state index < -0.39 is 25.2 Å². The molecular weight excluding hydrogens is 391 g/mol. The molecule has 29 heavy (non-hydrogen) atoms. The molecule has 158 valence electrons. The minimum Gasteiger partial charge on any atom is -0.497 e. The van der Waals surface area contributed by atoms with E-state index >= 15 is 0 Å². The van der Waals surface area contributed by atoms with Crippen LogP contribution in [-0.4, -0.2) is 52.0 Å². The molecule has 2 aromatic rings. The van der Waals surface area contributed by atoms with E-state index in [1.165, 1.54) is 0 Å². The SMILES string of the molecule is COc1ccc2c(cccc2[C@H]2CO[C@H](CCNC(=O)OCC(F)(F)F)OC2)c1. The molecule has 0 spiro atoms. The van der Waals surface area contributed by atoms with Crippen molar-refractivity contribution >= 4 is 16.9 Å². The predicted octanol–water partition coefficient (Wildman–Crippen LogP) is 3.98. The van der Waals surface area contributed by atoms with Gasteiger partial charge in [-0.2, -0.15) is 13.2 Å². The Balaban J connectivity index is 1.47. The first-order chi connectivity index (χ1) is 13.9. The van der Waals surface area contributed by atoms with Gasteiger partial charge in [-0.3, -0.25) is 0 Å². The number of hydrogen-bond acceptors (Lipinski definition) is 5. The largest absolute Gasteiger partial charge is 0.497 e. The summed E-state index contributed by atoms with van der Waals surface area (Å²) in [4.78, 5) is 11.2. The summed E-state index contributed by atoms with van der Waals surface area (Å²) in [6, 6.07) is 11.9. The van der Waals surface area contributed by atoms with Crippen LogP contribution in [0, 0.1) is 0 Å². The molecule has 1 amide bonds. The van der Waals surface area contributed by atoms with Gasteiger partial charge in [0.05, 0.1) is 20.3 Å². The third-order valence-electron chi connectivity index (χ3n) is 4.54. The summed E-state index contributed by atoms with van der Waals surface area (Å²) in [5, 5.41) is 4.40. The van der Waals surface area contributed by atoms with Gasteiger partial charge in [-0.1, -0.05) is 24.3 Å². The summed E-state index contributed by atoms with van der Waals surface area (Å²) < 4.78 is 56.7. The monoisotopic (exact) mass is 413 g/mol. The molecule has 0 aromatic heterocycles. The zero-order chi connectivity index (χ0) is 20.9. The zero-order valence-corrected chi connectivity index (χ0v) is 15.8. The molecular formula is C20H22F3NO5. The van der Waals surface area contributed by atoms with Crippen molar-refractivity contribution in [3.05, 3.63) is 42.0 Å². The van der Waals surface area contributed by atoms with Crippen LogP contribution in [-0.2, 0) is 14.2 Å². The highest BCUT2D eigenvalue weighted by molar-refractivity contribution is 5.87. The fourth-order valence-corrected chi connectivity index (χ4v) is 3.15. The number of alkyl carbamates (subject to hydrolysis) is 1. The van der Waals surface area contributed by atoms with Crippen LogP contribution in [0.3, 0.4) is 0 Å². The van der Waals surface area contributed by atoms with Crippen molar-refractivity contribution in [3.8, 4) is 5.75 Å². The Morgan fingerprint density at radius 3 is 2.66 bits per heavy atom. The molecule has 0 unspecified atom stereocenters. The molecule has 1 saturated heterocycles. The smallest absolute Gasteiger partial charge is 0.422 e. The minimum atomic E-state index is -4.55. The summed E-state index contributed by atoms with van der Waals surface area (Å²) in [5.74, 6) is 0.833. The normalized spacial score (nSPS) is 19.7. The summed E-state index contributed by atoms with van der Waals surface area (Å²) in [6.07, 6.45) is -5.90. The van der Waals surface area contributed by atoms with Gasteiger partial charge < -0.3 is 24.3 Å². The Kier molecular flexibility index (Phi) is 6.81. The second-order valence-electron chi connectivity index (χ2n) is 6.63. The molecule has 1 heterocycles. The van der Waals surface area contributed by atoms with E-state index in [4.69, 9.17) is 14.2 Å². The molecule has 0 saturated carbocycles. The van der Waals surface area contributed by atoms with Gasteiger partial charge in [-0.05, 0) is 28.5 Å². The van der Waals surface area contributed by atoms with Crippen molar-refractivity contribution in [3.63, 3.8) is 0 Å². The number of ether oxygens (including phenoxy) is 4. The molecule has 0 bridgehead atoms. The van der Waals surface area contributed by atoms with Crippen LogP contribution in [0.1, 0.15) is 17.9 Å². The van der Waals surface area contributed by atoms with Crippen LogP contribution >= 0.6 is 0 Å². The maximum Gasteiger partial charge on any atom is 0.422 e. The number of hydrogen-bond donors (Lipinski definition) is 1. The third kappa shape index (κ3) is 5.98. The maximum absolute atomic E-state index is 12.0. The van der Waals surface area contributed by atoms with Gasteiger partial charge in [0, 0.05) is 18.9 Å². The molecule has 2 aromatic carbocycles. The summed E-state index contributed by atoms with van der Waals surface area (Å²) in [7, 11) is 1.62. The lowest BCUT2D eigenvalue weighted by Gasteiger charge is -2.30. The Morgan fingerprint density at radius 1 is 1.21 bits per heavy atom. The van der Waals surface area contributed by atoms with Gasteiger partial charge in [0.1, 0.15) is 5.75 Å². The van der Waals surface area contributed by atoms with Crippen molar-refractivity contribution < 1.29 is 36.9 Å². The van der Waals surface area contributed by atoms with E-state index in [1.807, 2.05) is 36.4 Å². The van der Waals surface area contributed by atoms with E-state index in [-0.39, 0.29) is 12.5 Å². The van der Waals surface area contributed by atoms with Gasteiger partial charge in [-0.15, -0.1) is 0 Å². The highest BCUT2D eigenvalue weighted by Crippen LogP contribution is 2.31. The number of amides is 1. The highest BCUT2D eigenvalue weighted by Gasteiger charge is 2.29. The number of nitrogens with one attached hydrogen (secondary N) is 1. The van der Waals surface area contributed by atoms with Crippen molar-refractivity contribution in [2.24, 2.45) is 0 Å². The third-order valence-corrected chi connectivity index (χ3v) is 4.54. The predicted molar refractivity (Wildman–Crippen MR) is 99.0 cm³/mol. The van der Waals surface area contributed by atoms with Crippen LogP contribution < -0.4 is 10.1 Å². The number of rotatable bonds is 6. The van der Waals surface area contributed by atoms with Gasteiger partial charge in [0.2, 0.25) is 0 Å². The Morgan fingerprint density at radius 2 is 1.97 bits per heavy atom. The Hall–Kier alpha value is -2.52. The minimum absolute atomic E-state index is 0.0491. The topological polar surface area (TPSA) is 66.0 Å². The fraction of sp³-hybridized carbons (Fsp3) is 0.450. The van der Waals surface area contributed by atoms with Crippen LogP contribution in [0.2, 0.25) is 0 Å². The number of benzene rings is 2. The number of halogens is 3. The molecule has 0 atom stereocenters. The summed E-state index contributed by atoms with van der Waals surface area (Å²) in [6.45, 7) is -0.656. The fourth-order valence-electron chi connectivity index (χ4n) is 3.15. The zero-order valence-electron chi connectivity index (χ0n) is 15.8. The van der Waals surface area contributed by atoms with E-state index in [0.29, 0.717) is 19.6 Å². The summed E-state index contributed by atoms with van der Waals surface area (Å²) in [5.41, 5.74) is 1.11. The molecule has 0 radical (unpaired) electrons. The average molecular weight is 413 g/mol. The maximum atomic E-state index is 12.0. The molecule has 1 N–H and O–H groups in total. The van der Waals surface area contributed by atoms with Crippen LogP contribution in [0.5, 0.6) is 5.75 Å². The first-order valence-corrected chi connectivity index (χ1v) is 9.13. The molecule has 0 aliphatic carbocycles. The van der Waals surface area contributed by atoms with Gasteiger partial charge in [0.25, 0.3) is 0 Å². The quantitative estimate of drug-likeness (QED) is 0.776. The number of carbonyl (C=O) groups is 1. The summed E-state index contributed by atoms with van der Waals surface area (Å²) >= 11 is 0. The standard InChI is InChI=1S/C20H22F3NO5/c1-26-15-5-6-17-13(9-15)3-2-4-16(17)14-10-27-18(28-11-14)7-8-24-19(25)29-12-20(21,22)23/h2-6,9,14,18H,7-8,10-12H2,1H3,(H,24,25)/t14-,18-. The second kappa shape index (κ2) is 9.32. The van der Waals surface area contributed by atoms with Crippen molar-refractivity contribution in [2.45, 2.75) is 24.8 Å². The van der Waals surface area contributed by atoms with Crippen molar-refractivity contribution in [1.29, 1.82) is 0 Å². The lowest BCUT2D eigenvalue weighted by molar-refractivity contribution is -0.188. The Bertz CT molecular complexity index is 834. The first-order valence-electron chi connectivity index (χ1n) is 9.13. The van der Waals surface area contributed by atoms with Crippen LogP contribution in [0.25, 0.3) is 10.8 Å². The van der Waals surface area contributed by atoms with Gasteiger partial charge in [0.15, 0.2) is 12.9 Å². The van der Waals surface area contributed by atoms with Gasteiger partial charge in [-0.25, -0.2) is 4.79 Å². The van der Waals surface area contributed by atoms with Gasteiger partial charge >= 0.3 is 12.3 Å². The number of methoxy groups -OCH3 is 1. The van der Waals surface area contributed by atoms with E-state index in [2.05, 4.69) is 10.1 Å². The molecule has 1 aliphatic heterocycles. The lowest BCUT2D eigenvalue weighted by Crippen LogP contribution is -2.35. The molecule has 1 fully saturated rings. The highest BCUT2D eigenvalue weighted by atomic mass is 19.4. The average Bonchev–Trinajstić information content (AvgIpc) is 2.71. The molecule has 9 heteroatoms.